The molecule has 0 aliphatic carbocycles. The van der Waals surface area contributed by atoms with Crippen LogP contribution in [0.5, 0.6) is 0 Å². The van der Waals surface area contributed by atoms with Gasteiger partial charge in [-0.2, -0.15) is 13.2 Å². The van der Waals surface area contributed by atoms with Crippen LogP contribution < -0.4 is 5.32 Å². The Morgan fingerprint density at radius 1 is 0.889 bits per heavy atom. The molecule has 1 nitrogen and oxygen atoms in total. The Balaban J connectivity index is 1.63. The van der Waals surface area contributed by atoms with Crippen molar-refractivity contribution in [2.75, 3.05) is 0 Å². The first-order valence-electron chi connectivity index (χ1n) is 9.24. The summed E-state index contributed by atoms with van der Waals surface area (Å²) < 4.78 is 38.5. The molecule has 0 saturated heterocycles. The summed E-state index contributed by atoms with van der Waals surface area (Å²) in [6.45, 7) is 4.21. The zero-order chi connectivity index (χ0) is 19.4. The summed E-state index contributed by atoms with van der Waals surface area (Å²) in [4.78, 5) is 0. The molecule has 3 aromatic rings. The van der Waals surface area contributed by atoms with Gasteiger partial charge in [-0.05, 0) is 54.7 Å². The van der Waals surface area contributed by atoms with Crippen molar-refractivity contribution in [3.63, 3.8) is 0 Å². The molecule has 27 heavy (non-hydrogen) atoms. The van der Waals surface area contributed by atoms with Crippen molar-refractivity contribution in [1.29, 1.82) is 0 Å². The first-order valence-corrected chi connectivity index (χ1v) is 9.24. The van der Waals surface area contributed by atoms with Gasteiger partial charge < -0.3 is 5.32 Å². The van der Waals surface area contributed by atoms with E-state index in [0.717, 1.165) is 18.1 Å². The summed E-state index contributed by atoms with van der Waals surface area (Å²) in [5, 5.41) is 6.02. The van der Waals surface area contributed by atoms with Crippen LogP contribution in [-0.4, -0.2) is 6.04 Å². The van der Waals surface area contributed by atoms with E-state index in [1.54, 1.807) is 6.07 Å². The molecule has 3 rings (SSSR count). The van der Waals surface area contributed by atoms with E-state index < -0.39 is 11.7 Å². The fourth-order valence-corrected chi connectivity index (χ4v) is 3.51. The molecular weight excluding hydrogens is 347 g/mol. The normalized spacial score (nSPS) is 14.3. The second-order valence-electron chi connectivity index (χ2n) is 7.09. The van der Waals surface area contributed by atoms with Gasteiger partial charge in [0.2, 0.25) is 0 Å². The molecule has 0 unspecified atom stereocenters. The maximum absolute atomic E-state index is 12.8. The van der Waals surface area contributed by atoms with Gasteiger partial charge in [-0.15, -0.1) is 0 Å². The van der Waals surface area contributed by atoms with Crippen LogP contribution in [0.25, 0.3) is 10.8 Å². The lowest BCUT2D eigenvalue weighted by atomic mass is 9.98. The maximum atomic E-state index is 12.8. The average molecular weight is 371 g/mol. The van der Waals surface area contributed by atoms with Crippen LogP contribution in [-0.2, 0) is 12.6 Å². The minimum Gasteiger partial charge on any atom is -0.308 e. The van der Waals surface area contributed by atoms with Crippen LogP contribution in [0.3, 0.4) is 0 Å². The maximum Gasteiger partial charge on any atom is 0.416 e. The van der Waals surface area contributed by atoms with Crippen molar-refractivity contribution in [2.45, 2.75) is 44.9 Å². The third-order valence-corrected chi connectivity index (χ3v) is 4.94. The van der Waals surface area contributed by atoms with Crippen molar-refractivity contribution in [3.05, 3.63) is 83.4 Å². The summed E-state index contributed by atoms with van der Waals surface area (Å²) >= 11 is 0. The van der Waals surface area contributed by atoms with E-state index in [2.05, 4.69) is 49.5 Å². The predicted octanol–water partition coefficient (Wildman–Crippen LogP) is 6.53. The Morgan fingerprint density at radius 3 is 2.37 bits per heavy atom. The summed E-state index contributed by atoms with van der Waals surface area (Å²) in [6, 6.07) is 20.5. The number of hydrogen-bond acceptors (Lipinski definition) is 1. The van der Waals surface area contributed by atoms with Crippen molar-refractivity contribution < 1.29 is 13.2 Å². The number of hydrogen-bond donors (Lipinski definition) is 1. The summed E-state index contributed by atoms with van der Waals surface area (Å²) in [7, 11) is 0. The van der Waals surface area contributed by atoms with Gasteiger partial charge in [0.05, 0.1) is 5.56 Å². The van der Waals surface area contributed by atoms with Crippen molar-refractivity contribution in [2.24, 2.45) is 0 Å². The largest absolute Gasteiger partial charge is 0.416 e. The Bertz CT molecular complexity index is 896. The van der Waals surface area contributed by atoms with Gasteiger partial charge >= 0.3 is 6.18 Å². The summed E-state index contributed by atoms with van der Waals surface area (Å²) in [5.74, 6) is 0. The number of alkyl halides is 3. The van der Waals surface area contributed by atoms with Crippen LogP contribution in [0.2, 0.25) is 0 Å². The minimum absolute atomic E-state index is 0.160. The van der Waals surface area contributed by atoms with Gasteiger partial charge in [0.15, 0.2) is 0 Å². The fraction of sp³-hybridized carbons (Fsp3) is 0.304. The molecule has 0 amide bonds. The number of rotatable bonds is 6. The van der Waals surface area contributed by atoms with Gasteiger partial charge in [0.25, 0.3) is 0 Å². The molecule has 0 heterocycles. The SMILES string of the molecule is C[C@@H](CCc1cccc(C(F)(F)F)c1)N[C@H](C)c1cccc2ccccc12. The molecule has 0 aliphatic heterocycles. The highest BCUT2D eigenvalue weighted by atomic mass is 19.4. The lowest BCUT2D eigenvalue weighted by Gasteiger charge is -2.22. The monoisotopic (exact) mass is 371 g/mol. The Morgan fingerprint density at radius 2 is 1.59 bits per heavy atom. The van der Waals surface area contributed by atoms with Crippen molar-refractivity contribution >= 4 is 10.8 Å². The lowest BCUT2D eigenvalue weighted by molar-refractivity contribution is -0.137. The number of aryl methyl sites for hydroxylation is 1. The number of benzene rings is 3. The number of fused-ring (bicyclic) bond motifs is 1. The summed E-state index contributed by atoms with van der Waals surface area (Å²) in [5.41, 5.74) is 1.38. The Kier molecular flexibility index (Phi) is 5.85. The van der Waals surface area contributed by atoms with Gasteiger partial charge in [-0.1, -0.05) is 60.7 Å². The first kappa shape index (κ1) is 19.4. The van der Waals surface area contributed by atoms with E-state index in [0.29, 0.717) is 6.42 Å². The second-order valence-corrected chi connectivity index (χ2v) is 7.09. The van der Waals surface area contributed by atoms with E-state index in [9.17, 15) is 13.2 Å². The number of nitrogens with one attached hydrogen (secondary N) is 1. The third kappa shape index (κ3) is 4.89. The molecule has 0 fully saturated rings. The molecule has 0 bridgehead atoms. The van der Waals surface area contributed by atoms with Gasteiger partial charge in [0.1, 0.15) is 0 Å². The second kappa shape index (κ2) is 8.13. The van der Waals surface area contributed by atoms with E-state index in [1.165, 1.54) is 28.5 Å². The molecule has 4 heteroatoms. The van der Waals surface area contributed by atoms with Crippen LogP contribution in [0, 0.1) is 0 Å². The molecule has 3 aromatic carbocycles. The van der Waals surface area contributed by atoms with E-state index in [-0.39, 0.29) is 12.1 Å². The predicted molar refractivity (Wildman–Crippen MR) is 105 cm³/mol. The van der Waals surface area contributed by atoms with Gasteiger partial charge in [-0.25, -0.2) is 0 Å². The third-order valence-electron chi connectivity index (χ3n) is 4.94. The average Bonchev–Trinajstić information content (AvgIpc) is 2.65. The van der Waals surface area contributed by atoms with Gasteiger partial charge in [0, 0.05) is 12.1 Å². The zero-order valence-electron chi connectivity index (χ0n) is 15.6. The molecule has 0 aliphatic rings. The van der Waals surface area contributed by atoms with Crippen molar-refractivity contribution in [3.8, 4) is 0 Å². The molecular formula is C23H24F3N. The van der Waals surface area contributed by atoms with Gasteiger partial charge in [-0.3, -0.25) is 0 Å². The highest BCUT2D eigenvalue weighted by Gasteiger charge is 2.30. The molecule has 1 N–H and O–H groups in total. The van der Waals surface area contributed by atoms with Crippen LogP contribution in [0.4, 0.5) is 13.2 Å². The van der Waals surface area contributed by atoms with E-state index >= 15 is 0 Å². The zero-order valence-corrected chi connectivity index (χ0v) is 15.6. The van der Waals surface area contributed by atoms with Crippen LogP contribution in [0.1, 0.15) is 43.0 Å². The molecule has 0 aromatic heterocycles. The fourth-order valence-electron chi connectivity index (χ4n) is 3.51. The Hall–Kier alpha value is -2.33. The quantitative estimate of drug-likeness (QED) is 0.519. The highest BCUT2D eigenvalue weighted by molar-refractivity contribution is 5.86. The summed E-state index contributed by atoms with van der Waals surface area (Å²) in [6.07, 6.45) is -2.90. The first-order chi connectivity index (χ1) is 12.8. The standard InChI is InChI=1S/C23H24F3N/c1-16(13-14-18-7-5-10-20(15-18)23(24,25)26)27-17(2)21-12-6-9-19-8-3-4-11-22(19)21/h3-12,15-17,27H,13-14H2,1-2H3/t16-,17+/m0/s1. The molecule has 0 radical (unpaired) electrons. The van der Waals surface area contributed by atoms with E-state index in [4.69, 9.17) is 0 Å². The smallest absolute Gasteiger partial charge is 0.308 e. The number of halogens is 3. The van der Waals surface area contributed by atoms with Crippen molar-refractivity contribution in [1.82, 2.24) is 5.32 Å². The topological polar surface area (TPSA) is 12.0 Å². The van der Waals surface area contributed by atoms with E-state index in [1.807, 2.05) is 12.1 Å². The lowest BCUT2D eigenvalue weighted by Crippen LogP contribution is -2.29. The molecule has 0 spiro atoms. The van der Waals surface area contributed by atoms with Crippen LogP contribution >= 0.6 is 0 Å². The highest BCUT2D eigenvalue weighted by Crippen LogP contribution is 2.30. The molecule has 0 saturated carbocycles. The Labute approximate surface area is 158 Å². The van der Waals surface area contributed by atoms with Crippen LogP contribution in [0.15, 0.2) is 66.7 Å². The minimum atomic E-state index is -4.29. The molecule has 2 atom stereocenters. The molecule has 142 valence electrons.